The summed E-state index contributed by atoms with van der Waals surface area (Å²) in [6, 6.07) is 4.55. The fourth-order valence-electron chi connectivity index (χ4n) is 2.29. The molecule has 0 fully saturated rings. The van der Waals surface area contributed by atoms with Crippen LogP contribution in [0.25, 0.3) is 16.9 Å². The number of fused-ring (bicyclic) bond motifs is 1. The zero-order valence-corrected chi connectivity index (χ0v) is 12.8. The van der Waals surface area contributed by atoms with Gasteiger partial charge in [-0.1, -0.05) is 0 Å². The first-order valence-corrected chi connectivity index (χ1v) is 7.01. The minimum Gasteiger partial charge on any atom is -0.477 e. The number of carboxylic acids is 1. The molecule has 0 radical (unpaired) electrons. The van der Waals surface area contributed by atoms with Crippen molar-refractivity contribution in [3.05, 3.63) is 47.8 Å². The summed E-state index contributed by atoms with van der Waals surface area (Å²) in [5.41, 5.74) is -2.67. The number of halogens is 6. The summed E-state index contributed by atoms with van der Waals surface area (Å²) in [6.07, 6.45) is -9.07. The Morgan fingerprint density at radius 2 is 1.70 bits per heavy atom. The fourth-order valence-corrected chi connectivity index (χ4v) is 2.29. The molecule has 2 aromatic heterocycles. The first-order chi connectivity index (χ1) is 12.5. The standard InChI is InChI=1S/C15H7F6N3O3/c16-14(17,18)11-5-10(23-12-9(13(25)26)6-22-24(11)12)7-1-3-8(4-2-7)27-15(19,20)21/h1-6H,(H,25,26). The maximum Gasteiger partial charge on any atom is 0.573 e. The minimum absolute atomic E-state index is 0.0232. The van der Waals surface area contributed by atoms with Crippen molar-refractivity contribution in [3.63, 3.8) is 0 Å². The first kappa shape index (κ1) is 18.5. The van der Waals surface area contributed by atoms with Gasteiger partial charge in [0.15, 0.2) is 11.3 Å². The average Bonchev–Trinajstić information content (AvgIpc) is 2.96. The van der Waals surface area contributed by atoms with Crippen LogP contribution in [0.5, 0.6) is 5.75 Å². The van der Waals surface area contributed by atoms with Crippen LogP contribution in [0.2, 0.25) is 0 Å². The summed E-state index contributed by atoms with van der Waals surface area (Å²) in [5, 5.41) is 12.5. The Balaban J connectivity index is 2.14. The van der Waals surface area contributed by atoms with Crippen LogP contribution in [-0.2, 0) is 6.18 Å². The van der Waals surface area contributed by atoms with E-state index in [1.165, 1.54) is 0 Å². The third-order valence-electron chi connectivity index (χ3n) is 3.38. The third kappa shape index (κ3) is 3.78. The van der Waals surface area contributed by atoms with E-state index in [-0.39, 0.29) is 11.3 Å². The van der Waals surface area contributed by atoms with Gasteiger partial charge < -0.3 is 9.84 Å². The van der Waals surface area contributed by atoms with E-state index in [1.54, 1.807) is 0 Å². The van der Waals surface area contributed by atoms with Gasteiger partial charge in [-0.25, -0.2) is 14.3 Å². The topological polar surface area (TPSA) is 76.7 Å². The number of rotatable bonds is 3. The van der Waals surface area contributed by atoms with Crippen molar-refractivity contribution in [2.24, 2.45) is 0 Å². The number of nitrogens with zero attached hydrogens (tertiary/aromatic N) is 3. The lowest BCUT2D eigenvalue weighted by atomic mass is 10.1. The molecule has 27 heavy (non-hydrogen) atoms. The molecule has 12 heteroatoms. The van der Waals surface area contributed by atoms with Gasteiger partial charge in [-0.15, -0.1) is 13.2 Å². The summed E-state index contributed by atoms with van der Waals surface area (Å²) >= 11 is 0. The molecule has 0 amide bonds. The second-order valence-corrected chi connectivity index (χ2v) is 5.20. The molecule has 0 atom stereocenters. The molecule has 0 bridgehead atoms. The van der Waals surface area contributed by atoms with E-state index in [0.717, 1.165) is 30.5 Å². The van der Waals surface area contributed by atoms with E-state index in [1.807, 2.05) is 0 Å². The molecular formula is C15H7F6N3O3. The van der Waals surface area contributed by atoms with E-state index >= 15 is 0 Å². The highest BCUT2D eigenvalue weighted by Crippen LogP contribution is 2.33. The lowest BCUT2D eigenvalue weighted by Gasteiger charge is -2.12. The Morgan fingerprint density at radius 1 is 1.07 bits per heavy atom. The van der Waals surface area contributed by atoms with Crippen LogP contribution < -0.4 is 4.74 Å². The van der Waals surface area contributed by atoms with Gasteiger partial charge >= 0.3 is 18.5 Å². The maximum absolute atomic E-state index is 13.3. The van der Waals surface area contributed by atoms with Crippen molar-refractivity contribution in [1.29, 1.82) is 0 Å². The molecule has 2 heterocycles. The Hall–Kier alpha value is -3.31. The van der Waals surface area contributed by atoms with Crippen LogP contribution >= 0.6 is 0 Å². The molecule has 3 aromatic rings. The van der Waals surface area contributed by atoms with Gasteiger partial charge in [0.25, 0.3) is 0 Å². The Bertz CT molecular complexity index is 1010. The van der Waals surface area contributed by atoms with Crippen LogP contribution in [0.3, 0.4) is 0 Å². The van der Waals surface area contributed by atoms with Gasteiger partial charge in [0.1, 0.15) is 11.3 Å². The largest absolute Gasteiger partial charge is 0.573 e. The molecule has 0 aliphatic heterocycles. The molecule has 0 saturated carbocycles. The normalized spacial score (nSPS) is 12.4. The first-order valence-electron chi connectivity index (χ1n) is 7.01. The molecule has 1 aromatic carbocycles. The van der Waals surface area contributed by atoms with Crippen molar-refractivity contribution in [3.8, 4) is 17.0 Å². The van der Waals surface area contributed by atoms with Crippen molar-refractivity contribution in [1.82, 2.24) is 14.6 Å². The number of ether oxygens (including phenoxy) is 1. The Labute approximate surface area is 145 Å². The number of carbonyl (C=O) groups is 1. The zero-order chi connectivity index (χ0) is 20.0. The Kier molecular flexibility index (Phi) is 4.20. The lowest BCUT2D eigenvalue weighted by Crippen LogP contribution is -2.17. The molecule has 3 rings (SSSR count). The molecule has 6 nitrogen and oxygen atoms in total. The van der Waals surface area contributed by atoms with E-state index in [2.05, 4.69) is 14.8 Å². The van der Waals surface area contributed by atoms with Crippen molar-refractivity contribution < 1.29 is 41.0 Å². The SMILES string of the molecule is O=C(O)c1cnn2c(C(F)(F)F)cc(-c3ccc(OC(F)(F)F)cc3)nc12. The number of aromatic carboxylic acids is 1. The predicted octanol–water partition coefficient (Wildman–Crippen LogP) is 4.01. The van der Waals surface area contributed by atoms with Crippen molar-refractivity contribution in [2.75, 3.05) is 0 Å². The monoisotopic (exact) mass is 391 g/mol. The molecular weight excluding hydrogens is 384 g/mol. The van der Waals surface area contributed by atoms with Gasteiger partial charge in [0.2, 0.25) is 0 Å². The van der Waals surface area contributed by atoms with Gasteiger partial charge in [0.05, 0.1) is 11.9 Å². The highest BCUT2D eigenvalue weighted by Gasteiger charge is 2.36. The highest BCUT2D eigenvalue weighted by molar-refractivity contribution is 5.94. The summed E-state index contributed by atoms with van der Waals surface area (Å²) in [6.45, 7) is 0. The predicted molar refractivity (Wildman–Crippen MR) is 77.1 cm³/mol. The number of benzene rings is 1. The molecule has 0 aliphatic rings. The molecule has 0 aliphatic carbocycles. The zero-order valence-electron chi connectivity index (χ0n) is 12.8. The quantitative estimate of drug-likeness (QED) is 0.683. The third-order valence-corrected chi connectivity index (χ3v) is 3.38. The minimum atomic E-state index is -4.92. The van der Waals surface area contributed by atoms with Crippen molar-refractivity contribution in [2.45, 2.75) is 12.5 Å². The van der Waals surface area contributed by atoms with E-state index in [0.29, 0.717) is 10.6 Å². The van der Waals surface area contributed by atoms with Gasteiger partial charge in [-0.2, -0.15) is 18.3 Å². The average molecular weight is 391 g/mol. The summed E-state index contributed by atoms with van der Waals surface area (Å²) in [7, 11) is 0. The van der Waals surface area contributed by atoms with Gasteiger partial charge in [-0.3, -0.25) is 0 Å². The molecule has 1 N–H and O–H groups in total. The van der Waals surface area contributed by atoms with Crippen LogP contribution in [0.4, 0.5) is 26.3 Å². The number of aromatic nitrogens is 3. The number of hydrogen-bond acceptors (Lipinski definition) is 4. The summed E-state index contributed by atoms with van der Waals surface area (Å²) in [4.78, 5) is 15.0. The lowest BCUT2D eigenvalue weighted by molar-refractivity contribution is -0.274. The van der Waals surface area contributed by atoms with Crippen LogP contribution in [-0.4, -0.2) is 32.0 Å². The second-order valence-electron chi connectivity index (χ2n) is 5.20. The molecule has 0 unspecified atom stereocenters. The number of hydrogen-bond donors (Lipinski definition) is 1. The fraction of sp³-hybridized carbons (Fsp3) is 0.133. The van der Waals surface area contributed by atoms with E-state index in [9.17, 15) is 31.1 Å². The van der Waals surface area contributed by atoms with Crippen LogP contribution in [0, 0.1) is 0 Å². The summed E-state index contributed by atoms with van der Waals surface area (Å²) in [5.74, 6) is -2.10. The second kappa shape index (κ2) is 6.14. The van der Waals surface area contributed by atoms with Gasteiger partial charge in [0, 0.05) is 5.56 Å². The smallest absolute Gasteiger partial charge is 0.477 e. The highest BCUT2D eigenvalue weighted by atomic mass is 19.4. The Morgan fingerprint density at radius 3 is 2.22 bits per heavy atom. The van der Waals surface area contributed by atoms with Crippen molar-refractivity contribution >= 4 is 11.6 Å². The molecule has 0 spiro atoms. The number of carboxylic acid groups (broad SMARTS) is 1. The van der Waals surface area contributed by atoms with Crippen LogP contribution in [0.1, 0.15) is 16.1 Å². The van der Waals surface area contributed by atoms with Crippen LogP contribution in [0.15, 0.2) is 36.5 Å². The maximum atomic E-state index is 13.3. The van der Waals surface area contributed by atoms with E-state index in [4.69, 9.17) is 5.11 Å². The number of alkyl halides is 6. The molecule has 0 saturated heterocycles. The molecule has 142 valence electrons. The van der Waals surface area contributed by atoms with E-state index < -0.39 is 41.2 Å². The summed E-state index contributed by atoms with van der Waals surface area (Å²) < 4.78 is 80.5. The van der Waals surface area contributed by atoms with Gasteiger partial charge in [-0.05, 0) is 30.3 Å².